The lowest BCUT2D eigenvalue weighted by Crippen LogP contribution is -2.47. The van der Waals surface area contributed by atoms with Crippen molar-refractivity contribution in [1.29, 1.82) is 0 Å². The highest BCUT2D eigenvalue weighted by atomic mass is 16.6. The van der Waals surface area contributed by atoms with Gasteiger partial charge in [0.2, 0.25) is 23.6 Å². The molecule has 0 bridgehead atoms. The third-order valence-corrected chi connectivity index (χ3v) is 6.64. The number of benzene rings is 1. The smallest absolute Gasteiger partial charge is 0.253 e. The minimum atomic E-state index is -0.408. The van der Waals surface area contributed by atoms with Crippen molar-refractivity contribution in [2.45, 2.75) is 46.0 Å². The van der Waals surface area contributed by atoms with Crippen LogP contribution in [0.4, 0.5) is 5.69 Å². The number of anilines is 1. The number of carbonyl (C=O) groups is 6. The monoisotopic (exact) mass is 650 g/mol. The van der Waals surface area contributed by atoms with Crippen LogP contribution >= 0.6 is 0 Å². The van der Waals surface area contributed by atoms with E-state index in [1.54, 1.807) is 12.1 Å². The van der Waals surface area contributed by atoms with Crippen LogP contribution in [0.15, 0.2) is 36.4 Å². The number of amides is 6. The summed E-state index contributed by atoms with van der Waals surface area (Å²) in [5.74, 6) is -1.52. The van der Waals surface area contributed by atoms with Gasteiger partial charge in [-0.3, -0.25) is 38.6 Å². The van der Waals surface area contributed by atoms with Crippen LogP contribution in [-0.4, -0.2) is 118 Å². The Balaban J connectivity index is 0.00000542. The Kier molecular flexibility index (Phi) is 18.7. The lowest BCUT2D eigenvalue weighted by molar-refractivity contribution is -0.152. The van der Waals surface area contributed by atoms with Crippen LogP contribution in [0.2, 0.25) is 0 Å². The number of aryl methyl sites for hydroxylation is 1. The third-order valence-electron chi connectivity index (χ3n) is 6.64. The molecule has 2 aliphatic rings. The van der Waals surface area contributed by atoms with Crippen molar-refractivity contribution in [1.82, 2.24) is 15.1 Å². The van der Waals surface area contributed by atoms with Gasteiger partial charge in [0.15, 0.2) is 0 Å². The molecule has 0 aliphatic carbocycles. The Labute approximate surface area is 272 Å². The van der Waals surface area contributed by atoms with Gasteiger partial charge in [-0.25, -0.2) is 0 Å². The summed E-state index contributed by atoms with van der Waals surface area (Å²) >= 11 is 0. The maximum atomic E-state index is 12.1. The molecular formula is C32H50N4O10. The Bertz CT molecular complexity index is 1170. The molecule has 2 aliphatic heterocycles. The molecule has 14 heteroatoms. The molecule has 1 aromatic rings. The number of ether oxygens (including phenoxy) is 4. The highest BCUT2D eigenvalue weighted by Crippen LogP contribution is 2.15. The van der Waals surface area contributed by atoms with Gasteiger partial charge in [-0.1, -0.05) is 26.0 Å². The summed E-state index contributed by atoms with van der Waals surface area (Å²) in [5, 5.41) is 5.47. The van der Waals surface area contributed by atoms with Gasteiger partial charge >= 0.3 is 0 Å². The van der Waals surface area contributed by atoms with Gasteiger partial charge in [0.25, 0.3) is 11.8 Å². The van der Waals surface area contributed by atoms with Gasteiger partial charge in [-0.15, -0.1) is 0 Å². The van der Waals surface area contributed by atoms with Crippen molar-refractivity contribution in [3.05, 3.63) is 42.0 Å². The van der Waals surface area contributed by atoms with Crippen molar-refractivity contribution in [2.24, 2.45) is 0 Å². The molecule has 0 saturated carbocycles. The predicted octanol–water partition coefficient (Wildman–Crippen LogP) is 1.72. The molecule has 3 rings (SSSR count). The van der Waals surface area contributed by atoms with Gasteiger partial charge < -0.3 is 29.6 Å². The highest BCUT2D eigenvalue weighted by molar-refractivity contribution is 6.13. The van der Waals surface area contributed by atoms with E-state index in [-0.39, 0.29) is 58.9 Å². The maximum Gasteiger partial charge on any atom is 0.253 e. The van der Waals surface area contributed by atoms with Gasteiger partial charge in [0.05, 0.1) is 59.3 Å². The SMILES string of the molecule is CC.O=C(CCN1C(=O)C=CC1=O)NCCOCCOCCOCCOCCC(=O)Nc1ccc(CCC(=O)N2CCC2=O)cc1.[HH].[HH]. The second-order valence-corrected chi connectivity index (χ2v) is 9.90. The van der Waals surface area contributed by atoms with Crippen LogP contribution in [0.25, 0.3) is 0 Å². The summed E-state index contributed by atoms with van der Waals surface area (Å²) in [4.78, 5) is 72.4. The largest absolute Gasteiger partial charge is 0.379 e. The third kappa shape index (κ3) is 14.9. The van der Waals surface area contributed by atoms with E-state index in [1.165, 1.54) is 17.1 Å². The first kappa shape index (κ1) is 38.2. The lowest BCUT2D eigenvalue weighted by atomic mass is 10.1. The quantitative estimate of drug-likeness (QED) is 0.107. The van der Waals surface area contributed by atoms with Gasteiger partial charge in [-0.05, 0) is 24.1 Å². The van der Waals surface area contributed by atoms with Gasteiger partial charge in [-0.2, -0.15) is 0 Å². The zero-order valence-corrected chi connectivity index (χ0v) is 26.8. The van der Waals surface area contributed by atoms with Crippen molar-refractivity contribution in [3.8, 4) is 0 Å². The zero-order chi connectivity index (χ0) is 33.6. The lowest BCUT2D eigenvalue weighted by Gasteiger charge is -2.28. The van der Waals surface area contributed by atoms with E-state index in [2.05, 4.69) is 10.6 Å². The number of hydrogen-bond donors (Lipinski definition) is 2. The molecule has 0 spiro atoms. The standard InChI is InChI=1S/C30H40N4O10.C2H6.2H2/c35-25(9-13-33-28(38)7-8-29(33)39)31-12-16-42-18-20-44-22-21-43-19-17-41-15-11-26(36)32-24-4-1-23(2-5-24)3-6-27(37)34-14-10-30(34)40;1-2;;/h1-2,4-5,7-8H,3,6,9-22H2,(H,31,35)(H,32,36);1-2H3;2*1H. The van der Waals surface area contributed by atoms with Crippen molar-refractivity contribution < 1.29 is 50.6 Å². The van der Waals surface area contributed by atoms with E-state index < -0.39 is 11.8 Å². The topological polar surface area (TPSA) is 170 Å². The average molecular weight is 651 g/mol. The van der Waals surface area contributed by atoms with Crippen LogP contribution in [-0.2, 0) is 54.1 Å². The Morgan fingerprint density at radius 3 is 1.85 bits per heavy atom. The van der Waals surface area contributed by atoms with E-state index >= 15 is 0 Å². The normalized spacial score (nSPS) is 13.7. The van der Waals surface area contributed by atoms with E-state index in [0.29, 0.717) is 77.9 Å². The average Bonchev–Trinajstić information content (AvgIpc) is 3.37. The van der Waals surface area contributed by atoms with Crippen LogP contribution in [0.1, 0.15) is 47.9 Å². The summed E-state index contributed by atoms with van der Waals surface area (Å²) in [6.07, 6.45) is 3.86. The molecule has 2 N–H and O–H groups in total. The van der Waals surface area contributed by atoms with Crippen molar-refractivity contribution >= 4 is 41.1 Å². The summed E-state index contributed by atoms with van der Waals surface area (Å²) in [6, 6.07) is 7.26. The summed E-state index contributed by atoms with van der Waals surface area (Å²) in [6.45, 7) is 7.66. The van der Waals surface area contributed by atoms with E-state index in [9.17, 15) is 28.8 Å². The molecular weight excluding hydrogens is 600 g/mol. The van der Waals surface area contributed by atoms with E-state index in [0.717, 1.165) is 10.5 Å². The van der Waals surface area contributed by atoms with Crippen molar-refractivity contribution in [3.63, 3.8) is 0 Å². The maximum absolute atomic E-state index is 12.1. The predicted molar refractivity (Wildman–Crippen MR) is 172 cm³/mol. The van der Waals surface area contributed by atoms with E-state index in [1.807, 2.05) is 26.0 Å². The number of rotatable bonds is 22. The first-order valence-electron chi connectivity index (χ1n) is 15.7. The van der Waals surface area contributed by atoms with Crippen LogP contribution in [0, 0.1) is 0 Å². The van der Waals surface area contributed by atoms with Crippen LogP contribution in [0.3, 0.4) is 0 Å². The zero-order valence-electron chi connectivity index (χ0n) is 26.8. The summed E-state index contributed by atoms with van der Waals surface area (Å²) < 4.78 is 21.6. The first-order chi connectivity index (χ1) is 22.3. The molecule has 0 aromatic heterocycles. The van der Waals surface area contributed by atoms with E-state index in [4.69, 9.17) is 18.9 Å². The number of nitrogens with zero attached hydrogens (tertiary/aromatic N) is 2. The molecule has 1 fully saturated rings. The molecule has 2 heterocycles. The number of likely N-dealkylation sites (tertiary alicyclic amines) is 1. The highest BCUT2D eigenvalue weighted by Gasteiger charge is 2.29. The fraction of sp³-hybridized carbons (Fsp3) is 0.562. The molecule has 14 nitrogen and oxygen atoms in total. The molecule has 46 heavy (non-hydrogen) atoms. The van der Waals surface area contributed by atoms with Crippen LogP contribution in [0.5, 0.6) is 0 Å². The van der Waals surface area contributed by atoms with Crippen LogP contribution < -0.4 is 10.6 Å². The number of β-lactam (4-membered cyclic amide) rings is 1. The Hall–Kier alpha value is -3.98. The molecule has 1 saturated heterocycles. The minimum Gasteiger partial charge on any atom is -0.379 e. The first-order valence-corrected chi connectivity index (χ1v) is 15.7. The molecule has 0 unspecified atom stereocenters. The fourth-order valence-electron chi connectivity index (χ4n) is 4.09. The van der Waals surface area contributed by atoms with Gasteiger partial charge in [0, 0.05) is 59.6 Å². The second kappa shape index (κ2) is 22.5. The molecule has 258 valence electrons. The number of carbonyl (C=O) groups excluding carboxylic acids is 6. The number of nitrogens with one attached hydrogen (secondary N) is 2. The molecule has 0 atom stereocenters. The van der Waals surface area contributed by atoms with Gasteiger partial charge in [0.1, 0.15) is 0 Å². The molecule has 6 amide bonds. The minimum absolute atomic E-state index is 0. The number of hydrogen-bond acceptors (Lipinski definition) is 10. The summed E-state index contributed by atoms with van der Waals surface area (Å²) in [5.41, 5.74) is 1.61. The Morgan fingerprint density at radius 2 is 1.30 bits per heavy atom. The summed E-state index contributed by atoms with van der Waals surface area (Å²) in [7, 11) is 0. The van der Waals surface area contributed by atoms with Crippen molar-refractivity contribution in [2.75, 3.05) is 77.8 Å². The second-order valence-electron chi connectivity index (χ2n) is 9.90. The number of imide groups is 2. The fourth-order valence-corrected chi connectivity index (χ4v) is 4.09. The Morgan fingerprint density at radius 1 is 0.739 bits per heavy atom. The molecule has 0 radical (unpaired) electrons. The molecule has 1 aromatic carbocycles.